The highest BCUT2D eigenvalue weighted by atomic mass is 35.5. The van der Waals surface area contributed by atoms with E-state index in [4.69, 9.17) is 21.6 Å². The number of anilines is 2. The third-order valence-electron chi connectivity index (χ3n) is 5.92. The van der Waals surface area contributed by atoms with Gasteiger partial charge in [0.05, 0.1) is 0 Å². The zero-order valence-electron chi connectivity index (χ0n) is 17.0. The van der Waals surface area contributed by atoms with Crippen LogP contribution in [-0.4, -0.2) is 46.3 Å². The van der Waals surface area contributed by atoms with Crippen LogP contribution in [0.5, 0.6) is 0 Å². The minimum Gasteiger partial charge on any atom is -0.354 e. The van der Waals surface area contributed by atoms with Crippen molar-refractivity contribution in [3.8, 4) is 11.4 Å². The van der Waals surface area contributed by atoms with Crippen LogP contribution in [-0.2, 0) is 12.8 Å². The first-order chi connectivity index (χ1) is 14.8. The van der Waals surface area contributed by atoms with Crippen LogP contribution in [0.25, 0.3) is 11.4 Å². The molecule has 1 fully saturated rings. The number of halogens is 1. The zero-order valence-corrected chi connectivity index (χ0v) is 17.7. The monoisotopic (exact) mass is 420 g/mol. The van der Waals surface area contributed by atoms with Gasteiger partial charge in [-0.3, -0.25) is 0 Å². The summed E-state index contributed by atoms with van der Waals surface area (Å²) in [6, 6.07) is 11.8. The Labute approximate surface area is 181 Å². The van der Waals surface area contributed by atoms with Gasteiger partial charge < -0.3 is 9.80 Å². The molecule has 1 aliphatic heterocycles. The highest BCUT2D eigenvalue weighted by Crippen LogP contribution is 2.32. The van der Waals surface area contributed by atoms with Crippen LogP contribution in [0, 0.1) is 0 Å². The zero-order chi connectivity index (χ0) is 20.3. The number of rotatable bonds is 3. The molecule has 3 heterocycles. The summed E-state index contributed by atoms with van der Waals surface area (Å²) in [6.07, 6.45) is 7.27. The van der Waals surface area contributed by atoms with E-state index < -0.39 is 0 Å². The molecule has 0 bridgehead atoms. The van der Waals surface area contributed by atoms with Crippen LogP contribution in [0.1, 0.15) is 30.5 Å². The van der Waals surface area contributed by atoms with E-state index in [2.05, 4.69) is 20.0 Å². The van der Waals surface area contributed by atoms with E-state index in [0.717, 1.165) is 68.5 Å². The Kier molecular flexibility index (Phi) is 5.49. The van der Waals surface area contributed by atoms with Gasteiger partial charge in [-0.1, -0.05) is 23.7 Å². The van der Waals surface area contributed by atoms with Crippen molar-refractivity contribution in [1.29, 1.82) is 0 Å². The maximum Gasteiger partial charge on any atom is 0.161 e. The third kappa shape index (κ3) is 3.97. The van der Waals surface area contributed by atoms with Gasteiger partial charge in [-0.2, -0.15) is 5.10 Å². The van der Waals surface area contributed by atoms with Gasteiger partial charge in [-0.25, -0.2) is 9.97 Å². The van der Waals surface area contributed by atoms with Gasteiger partial charge in [0.1, 0.15) is 5.82 Å². The summed E-state index contributed by atoms with van der Waals surface area (Å²) in [5.74, 6) is 2.84. The van der Waals surface area contributed by atoms with Crippen molar-refractivity contribution in [2.45, 2.75) is 32.1 Å². The molecular weight excluding hydrogens is 396 g/mol. The van der Waals surface area contributed by atoms with Crippen molar-refractivity contribution in [2.75, 3.05) is 36.0 Å². The van der Waals surface area contributed by atoms with E-state index in [1.807, 2.05) is 36.4 Å². The lowest BCUT2D eigenvalue weighted by Crippen LogP contribution is -2.33. The fraction of sp³-hybridized carbons (Fsp3) is 0.391. The fourth-order valence-electron chi connectivity index (χ4n) is 4.41. The van der Waals surface area contributed by atoms with Crippen LogP contribution in [0.3, 0.4) is 0 Å². The normalized spacial score (nSPS) is 16.8. The van der Waals surface area contributed by atoms with E-state index in [0.29, 0.717) is 5.02 Å². The topological polar surface area (TPSA) is 58.0 Å². The summed E-state index contributed by atoms with van der Waals surface area (Å²) < 4.78 is 0. The molecule has 6 nitrogen and oxygen atoms in total. The molecule has 0 amide bonds. The summed E-state index contributed by atoms with van der Waals surface area (Å²) in [4.78, 5) is 14.8. The Morgan fingerprint density at radius 2 is 1.70 bits per heavy atom. The molecule has 0 atom stereocenters. The smallest absolute Gasteiger partial charge is 0.161 e. The van der Waals surface area contributed by atoms with Gasteiger partial charge in [0.15, 0.2) is 11.6 Å². The molecule has 3 aromatic rings. The second kappa shape index (κ2) is 8.56. The fourth-order valence-corrected chi connectivity index (χ4v) is 4.60. The number of hydrogen-bond acceptors (Lipinski definition) is 6. The van der Waals surface area contributed by atoms with Gasteiger partial charge in [0.2, 0.25) is 0 Å². The molecule has 0 radical (unpaired) electrons. The second-order valence-electron chi connectivity index (χ2n) is 7.92. The van der Waals surface area contributed by atoms with Crippen LogP contribution < -0.4 is 9.80 Å². The third-order valence-corrected chi connectivity index (χ3v) is 6.16. The Hall–Kier alpha value is -2.73. The molecule has 0 spiro atoms. The van der Waals surface area contributed by atoms with Crippen LogP contribution >= 0.6 is 11.6 Å². The average molecular weight is 421 g/mol. The van der Waals surface area contributed by atoms with Crippen molar-refractivity contribution in [3.63, 3.8) is 0 Å². The maximum atomic E-state index is 6.24. The summed E-state index contributed by atoms with van der Waals surface area (Å²) >= 11 is 6.24. The van der Waals surface area contributed by atoms with E-state index in [9.17, 15) is 0 Å². The highest BCUT2D eigenvalue weighted by Gasteiger charge is 2.24. The van der Waals surface area contributed by atoms with Crippen molar-refractivity contribution in [3.05, 3.63) is 58.9 Å². The van der Waals surface area contributed by atoms with Crippen LogP contribution in [0.4, 0.5) is 11.6 Å². The summed E-state index contributed by atoms with van der Waals surface area (Å²) in [7, 11) is 0. The Bertz CT molecular complexity index is 1030. The lowest BCUT2D eigenvalue weighted by atomic mass is 9.95. The van der Waals surface area contributed by atoms with Gasteiger partial charge in [0.25, 0.3) is 0 Å². The number of benzene rings is 1. The molecule has 1 aromatic carbocycles. The first kappa shape index (κ1) is 19.2. The van der Waals surface area contributed by atoms with Crippen LogP contribution in [0.2, 0.25) is 5.02 Å². The molecule has 0 unspecified atom stereocenters. The molecule has 2 aromatic heterocycles. The SMILES string of the molecule is Clc1cccc(-c2nc3c(c(N4CCCN(c5cccnn5)CC4)n2)CCCC3)c1. The average Bonchev–Trinajstić information content (AvgIpc) is 3.05. The van der Waals surface area contributed by atoms with E-state index in [1.54, 1.807) is 6.20 Å². The van der Waals surface area contributed by atoms with E-state index >= 15 is 0 Å². The number of aromatic nitrogens is 4. The maximum absolute atomic E-state index is 6.24. The lowest BCUT2D eigenvalue weighted by Gasteiger charge is -2.28. The largest absolute Gasteiger partial charge is 0.354 e. The molecule has 0 saturated carbocycles. The Balaban J connectivity index is 1.48. The summed E-state index contributed by atoms with van der Waals surface area (Å²) in [6.45, 7) is 3.78. The molecule has 1 aliphatic carbocycles. The Morgan fingerprint density at radius 1 is 0.833 bits per heavy atom. The standard InChI is InChI=1S/C23H25ClN6/c24-18-7-3-6-17(16-18)22-26-20-9-2-1-8-19(20)23(27-22)30-13-5-12-29(14-15-30)21-10-4-11-25-28-21/h3-4,6-7,10-11,16H,1-2,5,8-9,12-15H2. The minimum absolute atomic E-state index is 0.713. The number of hydrogen-bond donors (Lipinski definition) is 0. The molecule has 0 N–H and O–H groups in total. The predicted molar refractivity (Wildman–Crippen MR) is 120 cm³/mol. The van der Waals surface area contributed by atoms with Crippen molar-refractivity contribution in [2.24, 2.45) is 0 Å². The van der Waals surface area contributed by atoms with Crippen LogP contribution in [0.15, 0.2) is 42.6 Å². The van der Waals surface area contributed by atoms with Gasteiger partial charge in [-0.05, 0) is 56.4 Å². The van der Waals surface area contributed by atoms with Gasteiger partial charge in [0, 0.05) is 54.2 Å². The second-order valence-corrected chi connectivity index (χ2v) is 8.36. The Morgan fingerprint density at radius 3 is 2.57 bits per heavy atom. The molecular formula is C23H25ClN6. The minimum atomic E-state index is 0.713. The molecule has 30 heavy (non-hydrogen) atoms. The number of fused-ring (bicyclic) bond motifs is 1. The highest BCUT2D eigenvalue weighted by molar-refractivity contribution is 6.30. The molecule has 154 valence electrons. The van der Waals surface area contributed by atoms with Crippen molar-refractivity contribution < 1.29 is 0 Å². The first-order valence-corrected chi connectivity index (χ1v) is 11.1. The predicted octanol–water partition coefficient (Wildman–Crippen LogP) is 4.18. The number of nitrogens with zero attached hydrogens (tertiary/aromatic N) is 6. The van der Waals surface area contributed by atoms with Gasteiger partial charge >= 0.3 is 0 Å². The number of aryl methyl sites for hydroxylation is 1. The molecule has 1 saturated heterocycles. The first-order valence-electron chi connectivity index (χ1n) is 10.7. The lowest BCUT2D eigenvalue weighted by molar-refractivity contribution is 0.656. The molecule has 5 rings (SSSR count). The van der Waals surface area contributed by atoms with Gasteiger partial charge in [-0.15, -0.1) is 5.10 Å². The summed E-state index contributed by atoms with van der Waals surface area (Å²) in [5, 5.41) is 9.05. The quantitative estimate of drug-likeness (QED) is 0.633. The summed E-state index contributed by atoms with van der Waals surface area (Å²) in [5.41, 5.74) is 3.52. The van der Waals surface area contributed by atoms with Crippen molar-refractivity contribution >= 4 is 23.2 Å². The molecule has 2 aliphatic rings. The van der Waals surface area contributed by atoms with E-state index in [1.165, 1.54) is 24.1 Å². The van der Waals surface area contributed by atoms with Crippen molar-refractivity contribution in [1.82, 2.24) is 20.2 Å². The van der Waals surface area contributed by atoms with E-state index in [-0.39, 0.29) is 0 Å². The molecule has 7 heteroatoms.